The zero-order chi connectivity index (χ0) is 14.7. The fraction of sp³-hybridized carbons (Fsp3) is 0.833. The lowest BCUT2D eigenvalue weighted by atomic mass is 9.77. The first-order valence-electron chi connectivity index (χ1n) is 6.13. The van der Waals surface area contributed by atoms with Crippen LogP contribution in [0.4, 0.5) is 13.2 Å². The van der Waals surface area contributed by atoms with Gasteiger partial charge in [0, 0.05) is 0 Å². The van der Waals surface area contributed by atoms with Crippen molar-refractivity contribution < 1.29 is 18.0 Å². The quantitative estimate of drug-likeness (QED) is 0.854. The van der Waals surface area contributed by atoms with E-state index in [2.05, 4.69) is 6.07 Å². The normalized spacial score (nSPS) is 23.7. The Kier molecular flexibility index (Phi) is 4.80. The number of carbonyl (C=O) groups is 1. The van der Waals surface area contributed by atoms with Gasteiger partial charge in [-0.15, -0.1) is 0 Å². The average molecular weight is 277 g/mol. The summed E-state index contributed by atoms with van der Waals surface area (Å²) in [5, 5.41) is 11.0. The number of rotatable bonds is 3. The number of carbonyl (C=O) groups excluding carboxylic acids is 1. The highest BCUT2D eigenvalue weighted by Gasteiger charge is 2.38. The molecule has 1 aliphatic rings. The highest BCUT2D eigenvalue weighted by Crippen LogP contribution is 2.34. The van der Waals surface area contributed by atoms with Crippen LogP contribution in [-0.2, 0) is 4.79 Å². The molecule has 0 bridgehead atoms. The van der Waals surface area contributed by atoms with E-state index in [1.54, 1.807) is 4.90 Å². The minimum Gasteiger partial charge on any atom is -0.346 e. The predicted octanol–water partition coefficient (Wildman–Crippen LogP) is 1.68. The third kappa shape index (κ3) is 4.71. The van der Waals surface area contributed by atoms with E-state index in [4.69, 9.17) is 5.26 Å². The third-order valence-electron chi connectivity index (χ3n) is 3.33. The molecule has 1 heterocycles. The van der Waals surface area contributed by atoms with Gasteiger partial charge in [-0.3, -0.25) is 9.69 Å². The van der Waals surface area contributed by atoms with Crippen molar-refractivity contribution in [3.63, 3.8) is 0 Å². The maximum atomic E-state index is 12.0. The highest BCUT2D eigenvalue weighted by molar-refractivity contribution is 5.78. The molecule has 0 aromatic carbocycles. The molecule has 1 amide bonds. The van der Waals surface area contributed by atoms with E-state index in [0.29, 0.717) is 6.54 Å². The molecular formula is C12H18F3N3O. The van der Waals surface area contributed by atoms with Crippen molar-refractivity contribution >= 4 is 5.91 Å². The summed E-state index contributed by atoms with van der Waals surface area (Å²) in [7, 11) is 0. The average Bonchev–Trinajstić information content (AvgIpc) is 2.24. The molecule has 1 saturated heterocycles. The van der Waals surface area contributed by atoms with Gasteiger partial charge >= 0.3 is 6.18 Å². The van der Waals surface area contributed by atoms with Crippen molar-refractivity contribution in [2.24, 2.45) is 5.41 Å². The molecule has 1 N–H and O–H groups in total. The van der Waals surface area contributed by atoms with Crippen LogP contribution in [0.3, 0.4) is 0 Å². The summed E-state index contributed by atoms with van der Waals surface area (Å²) in [5.41, 5.74) is -0.253. The first-order chi connectivity index (χ1) is 8.65. The Bertz CT molecular complexity index is 373. The summed E-state index contributed by atoms with van der Waals surface area (Å²) < 4.78 is 35.9. The van der Waals surface area contributed by atoms with Gasteiger partial charge in [0.15, 0.2) is 0 Å². The van der Waals surface area contributed by atoms with Crippen LogP contribution in [0, 0.1) is 16.7 Å². The molecule has 0 radical (unpaired) electrons. The molecule has 0 spiro atoms. The summed E-state index contributed by atoms with van der Waals surface area (Å²) in [4.78, 5) is 13.1. The number of alkyl halides is 3. The molecule has 0 aliphatic carbocycles. The zero-order valence-corrected chi connectivity index (χ0v) is 11.0. The number of nitrogens with one attached hydrogen (secondary N) is 1. The van der Waals surface area contributed by atoms with Gasteiger partial charge in [0.1, 0.15) is 12.6 Å². The highest BCUT2D eigenvalue weighted by atomic mass is 19.4. The van der Waals surface area contributed by atoms with E-state index in [1.165, 1.54) is 0 Å². The summed E-state index contributed by atoms with van der Waals surface area (Å²) in [6.07, 6.45) is -2.71. The van der Waals surface area contributed by atoms with Crippen LogP contribution in [0.2, 0.25) is 0 Å². The second-order valence-corrected chi connectivity index (χ2v) is 5.49. The number of hydrogen-bond acceptors (Lipinski definition) is 3. The monoisotopic (exact) mass is 277 g/mol. The van der Waals surface area contributed by atoms with Crippen LogP contribution in [0.5, 0.6) is 0 Å². The fourth-order valence-corrected chi connectivity index (χ4v) is 2.36. The SMILES string of the molecule is CC1(C)CCCN(CC(=O)NCC(F)(F)F)C1C#N. The smallest absolute Gasteiger partial charge is 0.346 e. The van der Waals surface area contributed by atoms with Gasteiger partial charge in [-0.05, 0) is 24.8 Å². The Morgan fingerprint density at radius 3 is 2.68 bits per heavy atom. The van der Waals surface area contributed by atoms with E-state index in [1.807, 2.05) is 19.2 Å². The van der Waals surface area contributed by atoms with E-state index < -0.39 is 24.7 Å². The molecule has 0 saturated carbocycles. The topological polar surface area (TPSA) is 56.1 Å². The first-order valence-corrected chi connectivity index (χ1v) is 6.13. The van der Waals surface area contributed by atoms with Gasteiger partial charge in [-0.1, -0.05) is 13.8 Å². The fourth-order valence-electron chi connectivity index (χ4n) is 2.36. The molecule has 1 rings (SSSR count). The Morgan fingerprint density at radius 2 is 2.16 bits per heavy atom. The second-order valence-electron chi connectivity index (χ2n) is 5.49. The first kappa shape index (κ1) is 15.8. The lowest BCUT2D eigenvalue weighted by molar-refractivity contribution is -0.139. The van der Waals surface area contributed by atoms with Crippen molar-refractivity contribution in [3.05, 3.63) is 0 Å². The van der Waals surface area contributed by atoms with Gasteiger partial charge in [0.25, 0.3) is 0 Å². The lowest BCUT2D eigenvalue weighted by Gasteiger charge is -2.42. The Morgan fingerprint density at radius 1 is 1.53 bits per heavy atom. The van der Waals surface area contributed by atoms with Crippen LogP contribution >= 0.6 is 0 Å². The predicted molar refractivity (Wildman–Crippen MR) is 63.1 cm³/mol. The Balaban J connectivity index is 2.56. The van der Waals surface area contributed by atoms with Gasteiger partial charge in [-0.2, -0.15) is 18.4 Å². The van der Waals surface area contributed by atoms with Crippen molar-refractivity contribution in [1.82, 2.24) is 10.2 Å². The van der Waals surface area contributed by atoms with Crippen LogP contribution in [-0.4, -0.2) is 42.7 Å². The Labute approximate surface area is 110 Å². The van der Waals surface area contributed by atoms with Crippen molar-refractivity contribution in [2.75, 3.05) is 19.6 Å². The molecule has 1 aliphatic heterocycles. The number of amides is 1. The van der Waals surface area contributed by atoms with Crippen LogP contribution in [0.1, 0.15) is 26.7 Å². The maximum absolute atomic E-state index is 12.0. The van der Waals surface area contributed by atoms with E-state index in [0.717, 1.165) is 12.8 Å². The van der Waals surface area contributed by atoms with Crippen LogP contribution in [0.15, 0.2) is 0 Å². The molecule has 1 fully saturated rings. The minimum absolute atomic E-state index is 0.169. The molecule has 19 heavy (non-hydrogen) atoms. The second kappa shape index (κ2) is 5.78. The van der Waals surface area contributed by atoms with Gasteiger partial charge in [0.05, 0.1) is 12.6 Å². The number of hydrogen-bond donors (Lipinski definition) is 1. The van der Waals surface area contributed by atoms with E-state index in [9.17, 15) is 18.0 Å². The molecule has 1 atom stereocenters. The summed E-state index contributed by atoms with van der Waals surface area (Å²) in [6, 6.07) is 1.70. The lowest BCUT2D eigenvalue weighted by Crippen LogP contribution is -2.52. The van der Waals surface area contributed by atoms with Gasteiger partial charge in [-0.25, -0.2) is 0 Å². The van der Waals surface area contributed by atoms with Gasteiger partial charge < -0.3 is 5.32 Å². The number of likely N-dealkylation sites (tertiary alicyclic amines) is 1. The van der Waals surface area contributed by atoms with Crippen LogP contribution < -0.4 is 5.32 Å². The van der Waals surface area contributed by atoms with Crippen molar-refractivity contribution in [1.29, 1.82) is 5.26 Å². The molecule has 1 unspecified atom stereocenters. The van der Waals surface area contributed by atoms with Crippen molar-refractivity contribution in [3.8, 4) is 6.07 Å². The Hall–Kier alpha value is -1.29. The summed E-state index contributed by atoms with van der Waals surface area (Å²) in [6.45, 7) is 2.92. The number of piperidine rings is 1. The molecular weight excluding hydrogens is 259 g/mol. The molecule has 4 nitrogen and oxygen atoms in total. The third-order valence-corrected chi connectivity index (χ3v) is 3.33. The number of halogens is 3. The van der Waals surface area contributed by atoms with Crippen LogP contribution in [0.25, 0.3) is 0 Å². The maximum Gasteiger partial charge on any atom is 0.405 e. The number of nitrogens with zero attached hydrogens (tertiary/aromatic N) is 2. The van der Waals surface area contributed by atoms with E-state index >= 15 is 0 Å². The molecule has 108 valence electrons. The van der Waals surface area contributed by atoms with Gasteiger partial charge in [0.2, 0.25) is 5.91 Å². The summed E-state index contributed by atoms with van der Waals surface area (Å²) in [5.74, 6) is -0.699. The number of nitriles is 1. The largest absolute Gasteiger partial charge is 0.405 e. The zero-order valence-electron chi connectivity index (χ0n) is 11.0. The molecule has 0 aromatic rings. The molecule has 0 aromatic heterocycles. The van der Waals surface area contributed by atoms with E-state index in [-0.39, 0.29) is 12.0 Å². The summed E-state index contributed by atoms with van der Waals surface area (Å²) >= 11 is 0. The standard InChI is InChI=1S/C12H18F3N3O/c1-11(2)4-3-5-18(9(11)6-16)7-10(19)17-8-12(13,14)15/h9H,3-5,7-8H2,1-2H3,(H,17,19). The molecule has 7 heteroatoms. The van der Waals surface area contributed by atoms with Crippen molar-refractivity contribution in [2.45, 2.75) is 38.9 Å². The minimum atomic E-state index is -4.41.